The van der Waals surface area contributed by atoms with E-state index >= 15 is 0 Å². The molecule has 0 spiro atoms. The predicted molar refractivity (Wildman–Crippen MR) is 113 cm³/mol. The second kappa shape index (κ2) is 10.6. The number of rotatable bonds is 11. The first-order valence-electron chi connectivity index (χ1n) is 9.49. The number of benzene rings is 2. The minimum absolute atomic E-state index is 0.0649. The fraction of sp³-hybridized carbons (Fsp3) is 0.455. The lowest BCUT2D eigenvalue weighted by Gasteiger charge is -2.22. The fourth-order valence-corrected chi connectivity index (χ4v) is 3.04. The zero-order valence-electron chi connectivity index (χ0n) is 16.8. The Bertz CT molecular complexity index is 747. The van der Waals surface area contributed by atoms with E-state index in [1.807, 2.05) is 50.2 Å². The summed E-state index contributed by atoms with van der Waals surface area (Å²) in [6, 6.07) is 11.7. The molecule has 0 saturated heterocycles. The molecule has 1 atom stereocenters. The van der Waals surface area contributed by atoms with Crippen LogP contribution in [0.1, 0.15) is 31.4 Å². The number of aliphatic hydroxyl groups is 1. The number of aliphatic hydroxyl groups excluding tert-OH is 1. The van der Waals surface area contributed by atoms with Crippen molar-refractivity contribution in [1.82, 2.24) is 0 Å². The van der Waals surface area contributed by atoms with Crippen LogP contribution in [0, 0.1) is 0 Å². The molecule has 0 unspecified atom stereocenters. The average Bonchev–Trinajstić information content (AvgIpc) is 2.69. The van der Waals surface area contributed by atoms with Crippen LogP contribution < -0.4 is 19.9 Å². The number of methoxy groups -OCH3 is 1. The van der Waals surface area contributed by atoms with E-state index in [0.29, 0.717) is 42.6 Å². The van der Waals surface area contributed by atoms with E-state index in [2.05, 4.69) is 0 Å². The minimum atomic E-state index is -0.618. The highest BCUT2D eigenvalue weighted by molar-refractivity contribution is 6.32. The maximum Gasteiger partial charge on any atom is 0.179 e. The highest BCUT2D eigenvalue weighted by Crippen LogP contribution is 2.37. The van der Waals surface area contributed by atoms with Crippen LogP contribution in [0.15, 0.2) is 36.4 Å². The second-order valence-electron chi connectivity index (χ2n) is 7.10. The van der Waals surface area contributed by atoms with E-state index in [4.69, 9.17) is 31.5 Å². The van der Waals surface area contributed by atoms with Gasteiger partial charge in [0.15, 0.2) is 11.5 Å². The Kier molecular flexibility index (Phi) is 8.42. The molecule has 0 aliphatic rings. The van der Waals surface area contributed by atoms with Crippen molar-refractivity contribution in [1.29, 1.82) is 0 Å². The van der Waals surface area contributed by atoms with E-state index in [1.54, 1.807) is 7.11 Å². The smallest absolute Gasteiger partial charge is 0.179 e. The fourth-order valence-electron chi connectivity index (χ4n) is 2.76. The van der Waals surface area contributed by atoms with Gasteiger partial charge in [0, 0.05) is 12.0 Å². The maximum atomic E-state index is 9.30. The molecule has 2 aromatic carbocycles. The van der Waals surface area contributed by atoms with Crippen LogP contribution in [0.5, 0.6) is 17.2 Å². The summed E-state index contributed by atoms with van der Waals surface area (Å²) < 4.78 is 16.8. The summed E-state index contributed by atoms with van der Waals surface area (Å²) in [7, 11) is 1.59. The number of hydrogen-bond donors (Lipinski definition) is 2. The average molecular weight is 408 g/mol. The summed E-state index contributed by atoms with van der Waals surface area (Å²) in [5.41, 5.74) is 7.53. The van der Waals surface area contributed by atoms with Gasteiger partial charge in [-0.3, -0.25) is 0 Å². The molecule has 2 aromatic rings. The van der Waals surface area contributed by atoms with Gasteiger partial charge in [0.05, 0.1) is 32.0 Å². The van der Waals surface area contributed by atoms with Crippen LogP contribution in [0.4, 0.5) is 0 Å². The second-order valence-corrected chi connectivity index (χ2v) is 7.50. The Labute approximate surface area is 172 Å². The molecule has 5 nitrogen and oxygen atoms in total. The van der Waals surface area contributed by atoms with E-state index in [0.717, 1.165) is 23.3 Å². The van der Waals surface area contributed by atoms with Gasteiger partial charge in [-0.1, -0.05) is 23.7 Å². The highest BCUT2D eigenvalue weighted by atomic mass is 35.5. The SMILES string of the molecule is CCOc1ccc(CCOc2c(Cl)cc(CC[C@@](C)(N)CO)cc2OC)cc1. The van der Waals surface area contributed by atoms with Gasteiger partial charge in [0.2, 0.25) is 0 Å². The van der Waals surface area contributed by atoms with Crippen molar-refractivity contribution >= 4 is 11.6 Å². The molecule has 6 heteroatoms. The summed E-state index contributed by atoms with van der Waals surface area (Å²) >= 11 is 6.43. The molecule has 154 valence electrons. The number of hydrogen-bond acceptors (Lipinski definition) is 5. The monoisotopic (exact) mass is 407 g/mol. The molecular weight excluding hydrogens is 378 g/mol. The quantitative estimate of drug-likeness (QED) is 0.588. The summed E-state index contributed by atoms with van der Waals surface area (Å²) in [4.78, 5) is 0. The number of aryl methyl sites for hydroxylation is 1. The van der Waals surface area contributed by atoms with Crippen molar-refractivity contribution in [2.24, 2.45) is 5.73 Å². The zero-order chi connectivity index (χ0) is 20.6. The van der Waals surface area contributed by atoms with Gasteiger partial charge in [-0.15, -0.1) is 0 Å². The molecule has 28 heavy (non-hydrogen) atoms. The van der Waals surface area contributed by atoms with Gasteiger partial charge in [-0.2, -0.15) is 0 Å². The largest absolute Gasteiger partial charge is 0.494 e. The van der Waals surface area contributed by atoms with Crippen LogP contribution >= 0.6 is 11.6 Å². The third kappa shape index (κ3) is 6.59. The molecule has 0 aliphatic heterocycles. The van der Waals surface area contributed by atoms with E-state index in [-0.39, 0.29) is 6.61 Å². The third-order valence-electron chi connectivity index (χ3n) is 4.51. The first-order chi connectivity index (χ1) is 13.4. The van der Waals surface area contributed by atoms with Crippen LogP contribution in [0.25, 0.3) is 0 Å². The lowest BCUT2D eigenvalue weighted by molar-refractivity contribution is 0.200. The Morgan fingerprint density at radius 2 is 1.79 bits per heavy atom. The Morgan fingerprint density at radius 1 is 1.07 bits per heavy atom. The minimum Gasteiger partial charge on any atom is -0.494 e. The van der Waals surface area contributed by atoms with Crippen LogP contribution in [0.3, 0.4) is 0 Å². The van der Waals surface area contributed by atoms with Crippen LogP contribution in [-0.2, 0) is 12.8 Å². The third-order valence-corrected chi connectivity index (χ3v) is 4.79. The molecule has 0 heterocycles. The first-order valence-corrected chi connectivity index (χ1v) is 9.87. The molecule has 0 aliphatic carbocycles. The van der Waals surface area contributed by atoms with Gasteiger partial charge in [0.25, 0.3) is 0 Å². The molecular formula is C22H30ClNO4. The number of halogens is 1. The molecule has 3 N–H and O–H groups in total. The lowest BCUT2D eigenvalue weighted by atomic mass is 9.95. The Morgan fingerprint density at radius 3 is 2.39 bits per heavy atom. The van der Waals surface area contributed by atoms with Gasteiger partial charge < -0.3 is 25.1 Å². The molecule has 0 amide bonds. The van der Waals surface area contributed by atoms with E-state index in [1.165, 1.54) is 0 Å². The van der Waals surface area contributed by atoms with Crippen molar-refractivity contribution in [2.45, 2.75) is 38.6 Å². The van der Waals surface area contributed by atoms with Gasteiger partial charge in [-0.25, -0.2) is 0 Å². The van der Waals surface area contributed by atoms with Crippen molar-refractivity contribution in [3.63, 3.8) is 0 Å². The van der Waals surface area contributed by atoms with E-state index < -0.39 is 5.54 Å². The summed E-state index contributed by atoms with van der Waals surface area (Å²) in [6.45, 7) is 4.86. The normalized spacial score (nSPS) is 13.1. The van der Waals surface area contributed by atoms with E-state index in [9.17, 15) is 5.11 Å². The molecule has 2 rings (SSSR count). The van der Waals surface area contributed by atoms with Gasteiger partial charge >= 0.3 is 0 Å². The molecule has 0 radical (unpaired) electrons. The lowest BCUT2D eigenvalue weighted by Crippen LogP contribution is -2.40. The molecule has 0 saturated carbocycles. The molecule has 0 aromatic heterocycles. The first kappa shape index (κ1) is 22.3. The van der Waals surface area contributed by atoms with Crippen molar-refractivity contribution in [3.05, 3.63) is 52.5 Å². The van der Waals surface area contributed by atoms with Gasteiger partial charge in [-0.05, 0) is 62.1 Å². The zero-order valence-corrected chi connectivity index (χ0v) is 17.6. The summed E-state index contributed by atoms with van der Waals surface area (Å²) in [5, 5.41) is 9.81. The molecule has 0 bridgehead atoms. The van der Waals surface area contributed by atoms with Crippen molar-refractivity contribution in [2.75, 3.05) is 26.9 Å². The summed E-state index contributed by atoms with van der Waals surface area (Å²) in [6.07, 6.45) is 2.08. The topological polar surface area (TPSA) is 73.9 Å². The highest BCUT2D eigenvalue weighted by Gasteiger charge is 2.18. The van der Waals surface area contributed by atoms with Crippen LogP contribution in [-0.4, -0.2) is 37.6 Å². The van der Waals surface area contributed by atoms with Crippen molar-refractivity contribution < 1.29 is 19.3 Å². The standard InChI is InChI=1S/C22H30ClNO4/c1-4-27-18-7-5-16(6-8-18)10-12-28-21-19(23)13-17(14-20(21)26-3)9-11-22(2,24)15-25/h5-8,13-14,25H,4,9-12,15,24H2,1-3H3/t22-/m1/s1. The maximum absolute atomic E-state index is 9.30. The Balaban J connectivity index is 1.98. The van der Waals surface area contributed by atoms with Crippen LogP contribution in [0.2, 0.25) is 5.02 Å². The number of ether oxygens (including phenoxy) is 3. The van der Waals surface area contributed by atoms with Gasteiger partial charge in [0.1, 0.15) is 5.75 Å². The van der Waals surface area contributed by atoms with Crippen molar-refractivity contribution in [3.8, 4) is 17.2 Å². The summed E-state index contributed by atoms with van der Waals surface area (Å²) in [5.74, 6) is 2.00. The molecule has 0 fully saturated rings. The predicted octanol–water partition coefficient (Wildman–Crippen LogP) is 4.01. The Hall–Kier alpha value is -1.95. The number of nitrogens with two attached hydrogens (primary N) is 1.